The Labute approximate surface area is 157 Å². The van der Waals surface area contributed by atoms with Crippen molar-refractivity contribution in [3.05, 3.63) is 84.2 Å². The number of rotatable bonds is 4. The lowest BCUT2D eigenvalue weighted by Gasteiger charge is -2.29. The van der Waals surface area contributed by atoms with Crippen LogP contribution in [0.15, 0.2) is 73.1 Å². The summed E-state index contributed by atoms with van der Waals surface area (Å²) in [4.78, 5) is 26.5. The highest BCUT2D eigenvalue weighted by atomic mass is 16.5. The molecule has 4 rings (SSSR count). The zero-order valence-corrected chi connectivity index (χ0v) is 14.9. The first-order valence-corrected chi connectivity index (χ1v) is 9.01. The quantitative estimate of drug-likeness (QED) is 0.668. The van der Waals surface area contributed by atoms with Gasteiger partial charge in [-0.25, -0.2) is 4.79 Å². The van der Waals surface area contributed by atoms with Gasteiger partial charge >= 0.3 is 5.97 Å². The van der Waals surface area contributed by atoms with Crippen LogP contribution >= 0.6 is 0 Å². The summed E-state index contributed by atoms with van der Waals surface area (Å²) in [6.07, 6.45) is 5.75. The second kappa shape index (κ2) is 7.50. The summed E-state index contributed by atoms with van der Waals surface area (Å²) < 4.78 is 7.20. The lowest BCUT2D eigenvalue weighted by atomic mass is 10.0. The minimum Gasteiger partial charge on any atom is -0.452 e. The van der Waals surface area contributed by atoms with Crippen molar-refractivity contribution in [2.24, 2.45) is 0 Å². The fourth-order valence-electron chi connectivity index (χ4n) is 3.36. The molecule has 136 valence electrons. The summed E-state index contributed by atoms with van der Waals surface area (Å²) in [7, 11) is 0. The maximum absolute atomic E-state index is 12.6. The number of carbonyl (C=O) groups excluding carboxylic acids is 2. The van der Waals surface area contributed by atoms with Crippen molar-refractivity contribution in [3.8, 4) is 5.69 Å². The van der Waals surface area contributed by atoms with Gasteiger partial charge in [0.2, 0.25) is 0 Å². The van der Waals surface area contributed by atoms with E-state index in [2.05, 4.69) is 0 Å². The lowest BCUT2D eigenvalue weighted by Crippen LogP contribution is -2.38. The van der Waals surface area contributed by atoms with Crippen LogP contribution in [0.5, 0.6) is 0 Å². The second-order valence-corrected chi connectivity index (χ2v) is 6.49. The van der Waals surface area contributed by atoms with Crippen molar-refractivity contribution < 1.29 is 14.3 Å². The molecule has 0 N–H and O–H groups in total. The zero-order chi connectivity index (χ0) is 18.6. The van der Waals surface area contributed by atoms with Crippen LogP contribution in [0.25, 0.3) is 5.69 Å². The van der Waals surface area contributed by atoms with Gasteiger partial charge in [0, 0.05) is 30.3 Å². The molecule has 0 atom stereocenters. The van der Waals surface area contributed by atoms with Crippen LogP contribution in [0.1, 0.15) is 22.3 Å². The van der Waals surface area contributed by atoms with Crippen LogP contribution in [0.3, 0.4) is 0 Å². The van der Waals surface area contributed by atoms with E-state index < -0.39 is 5.97 Å². The number of benzene rings is 2. The lowest BCUT2D eigenvalue weighted by molar-refractivity contribution is -0.121. The molecule has 3 aromatic rings. The third kappa shape index (κ3) is 3.62. The highest BCUT2D eigenvalue weighted by molar-refractivity contribution is 5.98. The van der Waals surface area contributed by atoms with Gasteiger partial charge in [0.05, 0.1) is 5.56 Å². The molecule has 0 saturated carbocycles. The normalized spacial score (nSPS) is 13.1. The fraction of sp³-hybridized carbons (Fsp3) is 0.182. The van der Waals surface area contributed by atoms with Crippen LogP contribution in [-0.4, -0.2) is 29.6 Å². The molecule has 2 aromatic carbocycles. The number of para-hydroxylation sites is 1. The Balaban J connectivity index is 1.39. The molecule has 0 unspecified atom stereocenters. The number of anilines is 1. The minimum atomic E-state index is -0.493. The third-order valence-electron chi connectivity index (χ3n) is 4.74. The Kier molecular flexibility index (Phi) is 4.75. The van der Waals surface area contributed by atoms with Crippen LogP contribution in [0, 0.1) is 0 Å². The molecule has 27 heavy (non-hydrogen) atoms. The highest BCUT2D eigenvalue weighted by Crippen LogP contribution is 2.26. The van der Waals surface area contributed by atoms with E-state index in [-0.39, 0.29) is 12.5 Å². The monoisotopic (exact) mass is 360 g/mol. The minimum absolute atomic E-state index is 0.195. The van der Waals surface area contributed by atoms with Gasteiger partial charge < -0.3 is 14.2 Å². The molecule has 5 heteroatoms. The predicted octanol–water partition coefficient (Wildman–Crippen LogP) is 3.61. The Hall–Kier alpha value is -3.34. The molecule has 2 heterocycles. The molecule has 0 spiro atoms. The molecule has 0 fully saturated rings. The van der Waals surface area contributed by atoms with E-state index in [0.717, 1.165) is 29.8 Å². The number of carbonyl (C=O) groups is 2. The van der Waals surface area contributed by atoms with Crippen molar-refractivity contribution in [2.45, 2.75) is 12.8 Å². The molecule has 1 aromatic heterocycles. The summed E-state index contributed by atoms with van der Waals surface area (Å²) in [5.74, 6) is -0.688. The molecule has 0 aliphatic carbocycles. The van der Waals surface area contributed by atoms with Crippen LogP contribution < -0.4 is 4.90 Å². The van der Waals surface area contributed by atoms with E-state index >= 15 is 0 Å². The number of aryl methyl sites for hydroxylation is 1. The average molecular weight is 360 g/mol. The number of hydrogen-bond donors (Lipinski definition) is 0. The molecule has 0 bridgehead atoms. The third-order valence-corrected chi connectivity index (χ3v) is 4.74. The standard InChI is InChI=1S/C22H20N2O3/c25-21(24-15-5-7-17-6-1-2-8-20(17)24)16-27-22(26)18-9-11-19(12-10-18)23-13-3-4-14-23/h1-4,6,8-14H,5,7,15-16H2. The van der Waals surface area contributed by atoms with Gasteiger partial charge in [-0.15, -0.1) is 0 Å². The predicted molar refractivity (Wildman–Crippen MR) is 103 cm³/mol. The van der Waals surface area contributed by atoms with Crippen molar-refractivity contribution in [1.82, 2.24) is 4.57 Å². The van der Waals surface area contributed by atoms with E-state index in [1.165, 1.54) is 0 Å². The summed E-state index contributed by atoms with van der Waals surface area (Å²) in [5, 5.41) is 0. The molecule has 5 nitrogen and oxygen atoms in total. The summed E-state index contributed by atoms with van der Waals surface area (Å²) >= 11 is 0. The summed E-state index contributed by atoms with van der Waals surface area (Å²) in [5.41, 5.74) is 3.46. The van der Waals surface area contributed by atoms with Gasteiger partial charge in [-0.2, -0.15) is 0 Å². The molecule has 1 aliphatic rings. The van der Waals surface area contributed by atoms with E-state index in [4.69, 9.17) is 4.74 Å². The van der Waals surface area contributed by atoms with Crippen molar-refractivity contribution in [1.29, 1.82) is 0 Å². The number of aromatic nitrogens is 1. The van der Waals surface area contributed by atoms with Crippen molar-refractivity contribution >= 4 is 17.6 Å². The average Bonchev–Trinajstić information content (AvgIpc) is 3.26. The van der Waals surface area contributed by atoms with Crippen LogP contribution in [0.4, 0.5) is 5.69 Å². The van der Waals surface area contributed by atoms with Gasteiger partial charge in [0.15, 0.2) is 6.61 Å². The first-order chi connectivity index (χ1) is 13.2. The number of ether oxygens (including phenoxy) is 1. The van der Waals surface area contributed by atoms with E-state index in [9.17, 15) is 9.59 Å². The Morgan fingerprint density at radius 1 is 0.926 bits per heavy atom. The first-order valence-electron chi connectivity index (χ1n) is 9.01. The molecule has 1 aliphatic heterocycles. The highest BCUT2D eigenvalue weighted by Gasteiger charge is 2.23. The van der Waals surface area contributed by atoms with Gasteiger partial charge in [-0.1, -0.05) is 18.2 Å². The Bertz CT molecular complexity index is 946. The molecular weight excluding hydrogens is 340 g/mol. The number of esters is 1. The van der Waals surface area contributed by atoms with Gasteiger partial charge in [0.1, 0.15) is 0 Å². The zero-order valence-electron chi connectivity index (χ0n) is 14.9. The Morgan fingerprint density at radius 2 is 1.67 bits per heavy atom. The van der Waals surface area contributed by atoms with E-state index in [0.29, 0.717) is 12.1 Å². The smallest absolute Gasteiger partial charge is 0.338 e. The Morgan fingerprint density at radius 3 is 2.44 bits per heavy atom. The van der Waals surface area contributed by atoms with E-state index in [1.807, 2.05) is 65.5 Å². The molecule has 1 amide bonds. The topological polar surface area (TPSA) is 51.5 Å². The number of hydrogen-bond acceptors (Lipinski definition) is 3. The number of fused-ring (bicyclic) bond motifs is 1. The van der Waals surface area contributed by atoms with Crippen molar-refractivity contribution in [3.63, 3.8) is 0 Å². The van der Waals surface area contributed by atoms with Gasteiger partial charge in [-0.05, 0) is 60.9 Å². The molecule has 0 saturated heterocycles. The number of nitrogens with zero attached hydrogens (tertiary/aromatic N) is 2. The second-order valence-electron chi connectivity index (χ2n) is 6.49. The first kappa shape index (κ1) is 17.1. The number of amides is 1. The molecule has 0 radical (unpaired) electrons. The molecular formula is C22H20N2O3. The van der Waals surface area contributed by atoms with Crippen LogP contribution in [0.2, 0.25) is 0 Å². The van der Waals surface area contributed by atoms with Gasteiger partial charge in [-0.3, -0.25) is 4.79 Å². The SMILES string of the molecule is O=C(OCC(=O)N1CCCc2ccccc21)c1ccc(-n2cccc2)cc1. The van der Waals surface area contributed by atoms with E-state index in [1.54, 1.807) is 17.0 Å². The fourth-order valence-corrected chi connectivity index (χ4v) is 3.36. The summed E-state index contributed by atoms with van der Waals surface area (Å²) in [6, 6.07) is 18.8. The largest absolute Gasteiger partial charge is 0.452 e. The maximum atomic E-state index is 12.6. The maximum Gasteiger partial charge on any atom is 0.338 e. The summed E-state index contributed by atoms with van der Waals surface area (Å²) in [6.45, 7) is 0.394. The van der Waals surface area contributed by atoms with Crippen molar-refractivity contribution in [2.75, 3.05) is 18.1 Å². The van der Waals surface area contributed by atoms with Gasteiger partial charge in [0.25, 0.3) is 5.91 Å². The van der Waals surface area contributed by atoms with Crippen LogP contribution in [-0.2, 0) is 16.0 Å².